The lowest BCUT2D eigenvalue weighted by Crippen LogP contribution is -2.31. The van der Waals surface area contributed by atoms with E-state index >= 15 is 0 Å². The molecule has 4 nitrogen and oxygen atoms in total. The van der Waals surface area contributed by atoms with Crippen molar-refractivity contribution in [3.05, 3.63) is 59.2 Å². The zero-order chi connectivity index (χ0) is 17.7. The largest absolute Gasteiger partial charge is 0.496 e. The number of aryl methyl sites for hydroxylation is 1. The van der Waals surface area contributed by atoms with Gasteiger partial charge < -0.3 is 14.8 Å². The SMILES string of the molecule is COc1ccc(C)cc1C(C)NC(=O)COc1ccc(F)cc1F. The maximum absolute atomic E-state index is 13.5. The lowest BCUT2D eigenvalue weighted by atomic mass is 10.0. The van der Waals surface area contributed by atoms with E-state index in [0.717, 1.165) is 23.3 Å². The third-order valence-electron chi connectivity index (χ3n) is 3.48. The van der Waals surface area contributed by atoms with Crippen LogP contribution >= 0.6 is 0 Å². The lowest BCUT2D eigenvalue weighted by Gasteiger charge is -2.18. The second-order valence-electron chi connectivity index (χ2n) is 5.40. The fraction of sp³-hybridized carbons (Fsp3) is 0.278. The minimum atomic E-state index is -0.851. The Balaban J connectivity index is 1.98. The van der Waals surface area contributed by atoms with Crippen molar-refractivity contribution in [2.24, 2.45) is 0 Å². The van der Waals surface area contributed by atoms with Crippen LogP contribution in [0.5, 0.6) is 11.5 Å². The van der Waals surface area contributed by atoms with Gasteiger partial charge in [-0.05, 0) is 32.0 Å². The van der Waals surface area contributed by atoms with Crippen LogP contribution in [0, 0.1) is 18.6 Å². The first-order chi connectivity index (χ1) is 11.4. The molecule has 1 atom stereocenters. The highest BCUT2D eigenvalue weighted by Gasteiger charge is 2.15. The van der Waals surface area contributed by atoms with Crippen molar-refractivity contribution in [3.63, 3.8) is 0 Å². The number of halogens is 2. The van der Waals surface area contributed by atoms with Gasteiger partial charge in [0.1, 0.15) is 11.6 Å². The molecular weight excluding hydrogens is 316 g/mol. The van der Waals surface area contributed by atoms with Crippen LogP contribution < -0.4 is 14.8 Å². The predicted octanol–water partition coefficient (Wildman–Crippen LogP) is 3.54. The Kier molecular flexibility index (Phi) is 5.73. The van der Waals surface area contributed by atoms with Gasteiger partial charge in [0, 0.05) is 11.6 Å². The summed E-state index contributed by atoms with van der Waals surface area (Å²) in [6.45, 7) is 3.38. The smallest absolute Gasteiger partial charge is 0.258 e. The van der Waals surface area contributed by atoms with E-state index in [1.165, 1.54) is 0 Å². The van der Waals surface area contributed by atoms with Gasteiger partial charge in [0.2, 0.25) is 0 Å². The van der Waals surface area contributed by atoms with E-state index in [-0.39, 0.29) is 18.4 Å². The summed E-state index contributed by atoms with van der Waals surface area (Å²) >= 11 is 0. The minimum absolute atomic E-state index is 0.174. The molecule has 0 radical (unpaired) electrons. The fourth-order valence-corrected chi connectivity index (χ4v) is 2.29. The molecule has 6 heteroatoms. The Morgan fingerprint density at radius 1 is 1.17 bits per heavy atom. The molecule has 0 fully saturated rings. The third-order valence-corrected chi connectivity index (χ3v) is 3.48. The molecule has 0 aliphatic carbocycles. The molecule has 2 aromatic rings. The van der Waals surface area contributed by atoms with Gasteiger partial charge in [0.05, 0.1) is 13.2 Å². The predicted molar refractivity (Wildman–Crippen MR) is 86.1 cm³/mol. The molecule has 1 amide bonds. The second kappa shape index (κ2) is 7.77. The molecule has 24 heavy (non-hydrogen) atoms. The Morgan fingerprint density at radius 3 is 2.54 bits per heavy atom. The number of carbonyl (C=O) groups is 1. The van der Waals surface area contributed by atoms with E-state index in [9.17, 15) is 13.6 Å². The summed E-state index contributed by atoms with van der Waals surface area (Å²) in [5.74, 6) is -1.48. The molecule has 0 aliphatic rings. The number of hydrogen-bond acceptors (Lipinski definition) is 3. The Labute approximate surface area is 139 Å². The van der Waals surface area contributed by atoms with Crippen molar-refractivity contribution < 1.29 is 23.0 Å². The van der Waals surface area contributed by atoms with Gasteiger partial charge in [-0.25, -0.2) is 8.78 Å². The van der Waals surface area contributed by atoms with E-state index in [1.807, 2.05) is 32.0 Å². The van der Waals surface area contributed by atoms with Gasteiger partial charge in [0.25, 0.3) is 5.91 Å². The lowest BCUT2D eigenvalue weighted by molar-refractivity contribution is -0.123. The Hall–Kier alpha value is -2.63. The number of benzene rings is 2. The molecule has 2 aromatic carbocycles. The molecule has 0 spiro atoms. The molecule has 0 aromatic heterocycles. The van der Waals surface area contributed by atoms with Crippen molar-refractivity contribution in [2.45, 2.75) is 19.9 Å². The topological polar surface area (TPSA) is 47.6 Å². The maximum Gasteiger partial charge on any atom is 0.258 e. The van der Waals surface area contributed by atoms with Crippen molar-refractivity contribution in [1.29, 1.82) is 0 Å². The quantitative estimate of drug-likeness (QED) is 0.878. The van der Waals surface area contributed by atoms with Crippen LogP contribution in [0.3, 0.4) is 0 Å². The summed E-state index contributed by atoms with van der Waals surface area (Å²) in [5, 5.41) is 2.76. The van der Waals surface area contributed by atoms with E-state index in [2.05, 4.69) is 5.32 Å². The van der Waals surface area contributed by atoms with E-state index in [4.69, 9.17) is 9.47 Å². The number of amides is 1. The average Bonchev–Trinajstić information content (AvgIpc) is 2.54. The van der Waals surface area contributed by atoms with Gasteiger partial charge in [0.15, 0.2) is 18.2 Å². The van der Waals surface area contributed by atoms with Gasteiger partial charge in [-0.3, -0.25) is 4.79 Å². The summed E-state index contributed by atoms with van der Waals surface area (Å²) in [6, 6.07) is 8.27. The summed E-state index contributed by atoms with van der Waals surface area (Å²) < 4.78 is 36.7. The molecule has 2 rings (SSSR count). The number of hydrogen-bond donors (Lipinski definition) is 1. The van der Waals surface area contributed by atoms with Gasteiger partial charge in [-0.2, -0.15) is 0 Å². The third kappa shape index (κ3) is 4.44. The number of nitrogens with one attached hydrogen (secondary N) is 1. The van der Waals surface area contributed by atoms with Crippen molar-refractivity contribution >= 4 is 5.91 Å². The molecule has 128 valence electrons. The maximum atomic E-state index is 13.5. The minimum Gasteiger partial charge on any atom is -0.496 e. The van der Waals surface area contributed by atoms with E-state index in [1.54, 1.807) is 7.11 Å². The highest BCUT2D eigenvalue weighted by molar-refractivity contribution is 5.78. The normalized spacial score (nSPS) is 11.7. The summed E-state index contributed by atoms with van der Waals surface area (Å²) in [4.78, 5) is 12.0. The zero-order valence-electron chi connectivity index (χ0n) is 13.7. The van der Waals surface area contributed by atoms with E-state index < -0.39 is 17.5 Å². The molecule has 1 N–H and O–H groups in total. The van der Waals surface area contributed by atoms with Crippen LogP contribution in [0.2, 0.25) is 0 Å². The Bertz CT molecular complexity index is 734. The molecule has 1 unspecified atom stereocenters. The first-order valence-electron chi connectivity index (χ1n) is 7.42. The number of ether oxygens (including phenoxy) is 2. The van der Waals surface area contributed by atoms with Crippen LogP contribution in [-0.2, 0) is 4.79 Å². The zero-order valence-corrected chi connectivity index (χ0v) is 13.7. The standard InChI is InChI=1S/C18H19F2NO3/c1-11-4-6-16(23-3)14(8-11)12(2)21-18(22)10-24-17-7-5-13(19)9-15(17)20/h4-9,12H,10H2,1-3H3,(H,21,22). The van der Waals surface area contributed by atoms with Crippen LogP contribution in [0.4, 0.5) is 8.78 Å². The highest BCUT2D eigenvalue weighted by Crippen LogP contribution is 2.26. The summed E-state index contributed by atoms with van der Waals surface area (Å²) in [6.07, 6.45) is 0. The molecule has 0 heterocycles. The van der Waals surface area contributed by atoms with Gasteiger partial charge in [-0.15, -0.1) is 0 Å². The van der Waals surface area contributed by atoms with E-state index in [0.29, 0.717) is 11.8 Å². The second-order valence-corrected chi connectivity index (χ2v) is 5.40. The first-order valence-corrected chi connectivity index (χ1v) is 7.42. The van der Waals surface area contributed by atoms with Crippen LogP contribution in [0.25, 0.3) is 0 Å². The number of rotatable bonds is 6. The first kappa shape index (κ1) is 17.7. The Morgan fingerprint density at radius 2 is 1.88 bits per heavy atom. The number of carbonyl (C=O) groups excluding carboxylic acids is 1. The van der Waals surface area contributed by atoms with Gasteiger partial charge >= 0.3 is 0 Å². The van der Waals surface area contributed by atoms with Crippen LogP contribution in [-0.4, -0.2) is 19.6 Å². The molecule has 0 bridgehead atoms. The van der Waals surface area contributed by atoms with Gasteiger partial charge in [-0.1, -0.05) is 17.7 Å². The molecule has 0 aliphatic heterocycles. The van der Waals surface area contributed by atoms with Crippen molar-refractivity contribution in [3.8, 4) is 11.5 Å². The summed E-state index contributed by atoms with van der Waals surface area (Å²) in [7, 11) is 1.56. The molecular formula is C18H19F2NO3. The highest BCUT2D eigenvalue weighted by atomic mass is 19.1. The summed E-state index contributed by atoms with van der Waals surface area (Å²) in [5.41, 5.74) is 1.87. The van der Waals surface area contributed by atoms with Crippen LogP contribution in [0.15, 0.2) is 36.4 Å². The molecule has 0 saturated heterocycles. The monoisotopic (exact) mass is 335 g/mol. The average molecular weight is 335 g/mol. The van der Waals surface area contributed by atoms with Crippen molar-refractivity contribution in [2.75, 3.05) is 13.7 Å². The molecule has 0 saturated carbocycles. The number of methoxy groups -OCH3 is 1. The fourth-order valence-electron chi connectivity index (χ4n) is 2.29. The van der Waals surface area contributed by atoms with Crippen molar-refractivity contribution in [1.82, 2.24) is 5.32 Å². The van der Waals surface area contributed by atoms with Crippen LogP contribution in [0.1, 0.15) is 24.1 Å².